The standard InChI is InChI=1S/C8H2F7IO/c9-5-3(7(10,11)12)1-2-4(6(5)16)17-8(13,14)15/h1-2H. The van der Waals surface area contributed by atoms with Crippen LogP contribution in [0.1, 0.15) is 5.56 Å². The van der Waals surface area contributed by atoms with Crippen LogP contribution in [0, 0.1) is 9.39 Å². The van der Waals surface area contributed by atoms with Crippen molar-refractivity contribution in [2.24, 2.45) is 0 Å². The van der Waals surface area contributed by atoms with Crippen molar-refractivity contribution in [2.75, 3.05) is 0 Å². The van der Waals surface area contributed by atoms with Crippen LogP contribution in [-0.4, -0.2) is 6.36 Å². The van der Waals surface area contributed by atoms with Crippen LogP contribution >= 0.6 is 22.6 Å². The molecule has 0 N–H and O–H groups in total. The maximum Gasteiger partial charge on any atom is 0.573 e. The van der Waals surface area contributed by atoms with Gasteiger partial charge in [0.05, 0.1) is 9.13 Å². The Hall–Kier alpha value is -0.740. The van der Waals surface area contributed by atoms with E-state index in [-0.39, 0.29) is 6.07 Å². The van der Waals surface area contributed by atoms with E-state index < -0.39 is 33.2 Å². The molecule has 0 atom stereocenters. The number of benzene rings is 1. The average Bonchev–Trinajstić information content (AvgIpc) is 2.08. The molecule has 0 aromatic heterocycles. The lowest BCUT2D eigenvalue weighted by Gasteiger charge is -2.14. The molecule has 0 aliphatic heterocycles. The fourth-order valence-electron chi connectivity index (χ4n) is 0.954. The topological polar surface area (TPSA) is 9.23 Å². The molecule has 17 heavy (non-hydrogen) atoms. The summed E-state index contributed by atoms with van der Waals surface area (Å²) in [6.07, 6.45) is -10.1. The van der Waals surface area contributed by atoms with Gasteiger partial charge in [0.2, 0.25) is 0 Å². The number of hydrogen-bond donors (Lipinski definition) is 0. The minimum absolute atomic E-state index is 0.193. The van der Waals surface area contributed by atoms with Crippen LogP contribution in [-0.2, 0) is 6.18 Å². The largest absolute Gasteiger partial charge is 0.573 e. The highest BCUT2D eigenvalue weighted by atomic mass is 127. The lowest BCUT2D eigenvalue weighted by atomic mass is 10.2. The van der Waals surface area contributed by atoms with E-state index in [4.69, 9.17) is 0 Å². The highest BCUT2D eigenvalue weighted by Gasteiger charge is 2.37. The summed E-state index contributed by atoms with van der Waals surface area (Å²) in [5.41, 5.74) is -1.64. The molecule has 0 amide bonds. The molecular formula is C8H2F7IO. The second-order valence-electron chi connectivity index (χ2n) is 2.78. The summed E-state index contributed by atoms with van der Waals surface area (Å²) < 4.78 is 87.7. The van der Waals surface area contributed by atoms with E-state index in [0.717, 1.165) is 22.6 Å². The smallest absolute Gasteiger partial charge is 0.405 e. The van der Waals surface area contributed by atoms with Crippen LogP contribution in [0.25, 0.3) is 0 Å². The summed E-state index contributed by atoms with van der Waals surface area (Å²) in [4.78, 5) is 0. The number of rotatable bonds is 1. The van der Waals surface area contributed by atoms with Crippen molar-refractivity contribution in [1.29, 1.82) is 0 Å². The minimum Gasteiger partial charge on any atom is -0.405 e. The predicted molar refractivity (Wildman–Crippen MR) is 50.8 cm³/mol. The quantitative estimate of drug-likeness (QED) is 0.525. The monoisotopic (exact) mass is 374 g/mol. The van der Waals surface area contributed by atoms with Gasteiger partial charge in [0.15, 0.2) is 5.82 Å². The third-order valence-electron chi connectivity index (χ3n) is 1.58. The van der Waals surface area contributed by atoms with Gasteiger partial charge in [-0.25, -0.2) is 4.39 Å². The Morgan fingerprint density at radius 3 is 1.94 bits per heavy atom. The molecule has 0 aliphatic rings. The lowest BCUT2D eigenvalue weighted by molar-refractivity contribution is -0.275. The first-order valence-corrected chi connectivity index (χ1v) is 4.91. The zero-order valence-corrected chi connectivity index (χ0v) is 9.74. The van der Waals surface area contributed by atoms with E-state index in [1.165, 1.54) is 0 Å². The SMILES string of the molecule is Fc1c(C(F)(F)F)ccc(OC(F)(F)F)c1I. The minimum atomic E-state index is -5.09. The molecule has 9 heteroatoms. The zero-order valence-electron chi connectivity index (χ0n) is 7.59. The summed E-state index contributed by atoms with van der Waals surface area (Å²) in [7, 11) is 0. The Kier molecular flexibility index (Phi) is 3.79. The molecule has 1 rings (SSSR count). The Bertz CT molecular complexity index is 423. The van der Waals surface area contributed by atoms with Gasteiger partial charge in [0.1, 0.15) is 5.75 Å². The highest BCUT2D eigenvalue weighted by Crippen LogP contribution is 2.37. The van der Waals surface area contributed by atoms with Gasteiger partial charge in [0, 0.05) is 0 Å². The van der Waals surface area contributed by atoms with E-state index in [2.05, 4.69) is 4.74 Å². The third-order valence-corrected chi connectivity index (χ3v) is 2.58. The van der Waals surface area contributed by atoms with E-state index in [0.29, 0.717) is 6.07 Å². The fraction of sp³-hybridized carbons (Fsp3) is 0.250. The van der Waals surface area contributed by atoms with E-state index in [9.17, 15) is 30.7 Å². The van der Waals surface area contributed by atoms with Crippen LogP contribution in [0.15, 0.2) is 12.1 Å². The van der Waals surface area contributed by atoms with Crippen molar-refractivity contribution in [3.63, 3.8) is 0 Å². The molecule has 0 spiro atoms. The van der Waals surface area contributed by atoms with Crippen molar-refractivity contribution in [2.45, 2.75) is 12.5 Å². The molecular weight excluding hydrogens is 372 g/mol. The molecule has 0 heterocycles. The molecule has 1 aromatic carbocycles. The predicted octanol–water partition coefficient (Wildman–Crippen LogP) is 4.35. The molecule has 96 valence electrons. The molecule has 0 radical (unpaired) electrons. The van der Waals surface area contributed by atoms with Crippen molar-refractivity contribution in [1.82, 2.24) is 0 Å². The van der Waals surface area contributed by atoms with Gasteiger partial charge >= 0.3 is 12.5 Å². The zero-order chi connectivity index (χ0) is 13.4. The third kappa shape index (κ3) is 3.61. The molecule has 0 saturated carbocycles. The van der Waals surface area contributed by atoms with Gasteiger partial charge in [-0.15, -0.1) is 13.2 Å². The molecule has 0 saturated heterocycles. The Morgan fingerprint density at radius 1 is 1.00 bits per heavy atom. The molecule has 0 aliphatic carbocycles. The highest BCUT2D eigenvalue weighted by molar-refractivity contribution is 14.1. The van der Waals surface area contributed by atoms with Crippen LogP contribution in [0.3, 0.4) is 0 Å². The van der Waals surface area contributed by atoms with Crippen molar-refractivity contribution >= 4 is 22.6 Å². The lowest BCUT2D eigenvalue weighted by Crippen LogP contribution is -2.19. The van der Waals surface area contributed by atoms with Gasteiger partial charge in [-0.3, -0.25) is 0 Å². The summed E-state index contributed by atoms with van der Waals surface area (Å²) >= 11 is 1.01. The van der Waals surface area contributed by atoms with Gasteiger partial charge in [-0.1, -0.05) is 0 Å². The second kappa shape index (κ2) is 4.50. The van der Waals surface area contributed by atoms with Crippen LogP contribution < -0.4 is 4.74 Å². The van der Waals surface area contributed by atoms with Gasteiger partial charge < -0.3 is 4.74 Å². The average molecular weight is 374 g/mol. The second-order valence-corrected chi connectivity index (χ2v) is 3.86. The first kappa shape index (κ1) is 14.3. The summed E-state index contributed by atoms with van der Waals surface area (Å²) in [5.74, 6) is -2.80. The summed E-state index contributed by atoms with van der Waals surface area (Å²) in [6.45, 7) is 0. The van der Waals surface area contributed by atoms with Crippen molar-refractivity contribution in [3.05, 3.63) is 27.1 Å². The summed E-state index contributed by atoms with van der Waals surface area (Å²) in [6, 6.07) is 0.611. The number of hydrogen-bond acceptors (Lipinski definition) is 1. The van der Waals surface area contributed by atoms with Crippen molar-refractivity contribution < 1.29 is 35.5 Å². The fourth-order valence-corrected chi connectivity index (χ4v) is 1.53. The Morgan fingerprint density at radius 2 is 1.53 bits per heavy atom. The number of ether oxygens (including phenoxy) is 1. The van der Waals surface area contributed by atoms with Gasteiger partial charge in [-0.2, -0.15) is 13.2 Å². The van der Waals surface area contributed by atoms with Gasteiger partial charge in [-0.05, 0) is 34.7 Å². The maximum atomic E-state index is 13.2. The number of alkyl halides is 6. The van der Waals surface area contributed by atoms with Gasteiger partial charge in [0.25, 0.3) is 0 Å². The maximum absolute atomic E-state index is 13.2. The molecule has 0 fully saturated rings. The first-order valence-electron chi connectivity index (χ1n) is 3.83. The van der Waals surface area contributed by atoms with Crippen molar-refractivity contribution in [3.8, 4) is 5.75 Å². The normalized spacial score (nSPS) is 12.7. The number of halogens is 8. The first-order chi connectivity index (χ1) is 7.52. The van der Waals surface area contributed by atoms with Crippen LogP contribution in [0.5, 0.6) is 5.75 Å². The van der Waals surface area contributed by atoms with E-state index in [1.54, 1.807) is 0 Å². The molecule has 1 nitrogen and oxygen atoms in total. The Balaban J connectivity index is 3.21. The Labute approximate surface area is 104 Å². The summed E-state index contributed by atoms with van der Waals surface area (Å²) in [5, 5.41) is 0. The van der Waals surface area contributed by atoms with Crippen LogP contribution in [0.2, 0.25) is 0 Å². The van der Waals surface area contributed by atoms with Crippen LogP contribution in [0.4, 0.5) is 30.7 Å². The molecule has 0 bridgehead atoms. The van der Waals surface area contributed by atoms with E-state index in [1.807, 2.05) is 0 Å². The van der Waals surface area contributed by atoms with E-state index >= 15 is 0 Å². The molecule has 0 unspecified atom stereocenters. The molecule has 1 aromatic rings.